The van der Waals surface area contributed by atoms with E-state index in [9.17, 15) is 0 Å². The van der Waals surface area contributed by atoms with Gasteiger partial charge in [-0.05, 0) is 43.5 Å². The van der Waals surface area contributed by atoms with Gasteiger partial charge in [0.15, 0.2) is 5.82 Å². The van der Waals surface area contributed by atoms with Crippen molar-refractivity contribution in [3.63, 3.8) is 0 Å². The third kappa shape index (κ3) is 3.05. The van der Waals surface area contributed by atoms with Crippen LogP contribution in [0, 0.1) is 0 Å². The van der Waals surface area contributed by atoms with Gasteiger partial charge in [-0.15, -0.1) is 0 Å². The third-order valence-corrected chi connectivity index (χ3v) is 3.54. The average Bonchev–Trinajstić information content (AvgIpc) is 3.12. The molecule has 0 spiro atoms. The summed E-state index contributed by atoms with van der Waals surface area (Å²) in [5, 5.41) is 4.03. The highest BCUT2D eigenvalue weighted by atomic mass is 16.5. The smallest absolute Gasteiger partial charge is 0.257 e. The molecule has 1 aromatic heterocycles. The van der Waals surface area contributed by atoms with Crippen molar-refractivity contribution in [2.45, 2.75) is 31.8 Å². The Kier molecular flexibility index (Phi) is 4.08. The first-order valence-corrected chi connectivity index (χ1v) is 7.09. The van der Waals surface area contributed by atoms with Crippen molar-refractivity contribution < 1.29 is 9.26 Å². The predicted octanol–water partition coefficient (Wildman–Crippen LogP) is 1.96. The first kappa shape index (κ1) is 13.3. The van der Waals surface area contributed by atoms with Gasteiger partial charge in [-0.3, -0.25) is 0 Å². The quantitative estimate of drug-likeness (QED) is 0.901. The molecule has 2 aromatic rings. The molecule has 5 heteroatoms. The van der Waals surface area contributed by atoms with Crippen LogP contribution >= 0.6 is 0 Å². The number of ether oxygens (including phenoxy) is 1. The molecule has 1 aliphatic rings. The van der Waals surface area contributed by atoms with Gasteiger partial charge in [0, 0.05) is 18.6 Å². The maximum atomic E-state index is 5.58. The highest BCUT2D eigenvalue weighted by Crippen LogP contribution is 2.20. The third-order valence-electron chi connectivity index (χ3n) is 3.54. The molecule has 5 nitrogen and oxygen atoms in total. The molecule has 1 unspecified atom stereocenters. The van der Waals surface area contributed by atoms with Gasteiger partial charge in [-0.25, -0.2) is 0 Å². The molecule has 1 fully saturated rings. The molecular formula is C15H19N3O2. The number of nitrogens with zero attached hydrogens (tertiary/aromatic N) is 2. The second-order valence-corrected chi connectivity index (χ2v) is 5.09. The molecule has 0 aliphatic carbocycles. The predicted molar refractivity (Wildman–Crippen MR) is 75.2 cm³/mol. The van der Waals surface area contributed by atoms with Crippen molar-refractivity contribution in [2.75, 3.05) is 13.2 Å². The molecule has 1 atom stereocenters. The topological polar surface area (TPSA) is 74.2 Å². The van der Waals surface area contributed by atoms with E-state index in [1.54, 1.807) is 0 Å². The lowest BCUT2D eigenvalue weighted by molar-refractivity contribution is 0.109. The summed E-state index contributed by atoms with van der Waals surface area (Å²) in [5.41, 5.74) is 7.70. The van der Waals surface area contributed by atoms with Crippen molar-refractivity contribution in [3.8, 4) is 11.5 Å². The van der Waals surface area contributed by atoms with E-state index in [4.69, 9.17) is 15.0 Å². The van der Waals surface area contributed by atoms with Crippen LogP contribution in [0.2, 0.25) is 0 Å². The summed E-state index contributed by atoms with van der Waals surface area (Å²) < 4.78 is 10.9. The molecule has 0 saturated carbocycles. The zero-order valence-corrected chi connectivity index (χ0v) is 11.4. The van der Waals surface area contributed by atoms with Crippen LogP contribution in [0.1, 0.15) is 24.2 Å². The van der Waals surface area contributed by atoms with E-state index >= 15 is 0 Å². The second kappa shape index (κ2) is 6.15. The van der Waals surface area contributed by atoms with Crippen molar-refractivity contribution in [1.29, 1.82) is 0 Å². The van der Waals surface area contributed by atoms with E-state index in [0.717, 1.165) is 43.7 Å². The Balaban J connectivity index is 1.68. The Labute approximate surface area is 118 Å². The van der Waals surface area contributed by atoms with Crippen molar-refractivity contribution in [3.05, 3.63) is 35.7 Å². The van der Waals surface area contributed by atoms with Crippen molar-refractivity contribution in [1.82, 2.24) is 10.1 Å². The van der Waals surface area contributed by atoms with Gasteiger partial charge >= 0.3 is 0 Å². The minimum atomic E-state index is 0.243. The molecule has 2 N–H and O–H groups in total. The van der Waals surface area contributed by atoms with E-state index in [1.165, 1.54) is 5.56 Å². The fourth-order valence-corrected chi connectivity index (χ4v) is 2.44. The van der Waals surface area contributed by atoms with Crippen LogP contribution in [-0.4, -0.2) is 29.4 Å². The Hall–Kier alpha value is -1.72. The lowest BCUT2D eigenvalue weighted by atomic mass is 10.1. The Morgan fingerprint density at radius 2 is 2.10 bits per heavy atom. The van der Waals surface area contributed by atoms with Gasteiger partial charge in [-0.1, -0.05) is 17.3 Å². The standard InChI is InChI=1S/C15H19N3O2/c16-8-7-11-3-5-12(6-4-11)15-17-14(18-20-15)10-13-2-1-9-19-13/h3-6,13H,1-2,7-10,16H2. The van der Waals surface area contributed by atoms with Crippen LogP contribution in [0.4, 0.5) is 0 Å². The van der Waals surface area contributed by atoms with E-state index < -0.39 is 0 Å². The zero-order valence-electron chi connectivity index (χ0n) is 11.4. The molecule has 106 valence electrons. The summed E-state index contributed by atoms with van der Waals surface area (Å²) in [7, 11) is 0. The van der Waals surface area contributed by atoms with Crippen LogP contribution in [0.5, 0.6) is 0 Å². The van der Waals surface area contributed by atoms with Gasteiger partial charge < -0.3 is 15.0 Å². The Bertz CT molecular complexity index is 545. The molecule has 1 aliphatic heterocycles. The summed E-state index contributed by atoms with van der Waals surface area (Å²) in [6.07, 6.45) is 4.06. The first-order chi connectivity index (χ1) is 9.85. The fourth-order valence-electron chi connectivity index (χ4n) is 2.44. The maximum Gasteiger partial charge on any atom is 0.257 e. The van der Waals surface area contributed by atoms with Crippen LogP contribution in [0.3, 0.4) is 0 Å². The van der Waals surface area contributed by atoms with Gasteiger partial charge in [0.2, 0.25) is 0 Å². The second-order valence-electron chi connectivity index (χ2n) is 5.09. The van der Waals surface area contributed by atoms with Crippen LogP contribution in [0.15, 0.2) is 28.8 Å². The maximum absolute atomic E-state index is 5.58. The number of hydrogen-bond donors (Lipinski definition) is 1. The number of hydrogen-bond acceptors (Lipinski definition) is 5. The lowest BCUT2D eigenvalue weighted by Crippen LogP contribution is -2.09. The molecule has 1 saturated heterocycles. The van der Waals surface area contributed by atoms with E-state index in [1.807, 2.05) is 24.3 Å². The first-order valence-electron chi connectivity index (χ1n) is 7.09. The number of aromatic nitrogens is 2. The monoisotopic (exact) mass is 273 g/mol. The largest absolute Gasteiger partial charge is 0.378 e. The minimum Gasteiger partial charge on any atom is -0.378 e. The van der Waals surface area contributed by atoms with Crippen molar-refractivity contribution >= 4 is 0 Å². The summed E-state index contributed by atoms with van der Waals surface area (Å²) in [5.74, 6) is 1.29. The molecule has 1 aromatic carbocycles. The molecular weight excluding hydrogens is 254 g/mol. The highest BCUT2D eigenvalue weighted by molar-refractivity contribution is 5.53. The summed E-state index contributed by atoms with van der Waals surface area (Å²) >= 11 is 0. The average molecular weight is 273 g/mol. The molecule has 2 heterocycles. The van der Waals surface area contributed by atoms with E-state index in [2.05, 4.69) is 10.1 Å². The van der Waals surface area contributed by atoms with Gasteiger partial charge in [0.05, 0.1) is 6.10 Å². The molecule has 0 radical (unpaired) electrons. The van der Waals surface area contributed by atoms with Crippen molar-refractivity contribution in [2.24, 2.45) is 5.73 Å². The van der Waals surface area contributed by atoms with E-state index in [0.29, 0.717) is 12.4 Å². The minimum absolute atomic E-state index is 0.243. The Morgan fingerprint density at radius 1 is 1.25 bits per heavy atom. The SMILES string of the molecule is NCCc1ccc(-c2nc(CC3CCCO3)no2)cc1. The van der Waals surface area contributed by atoms with E-state index in [-0.39, 0.29) is 6.10 Å². The molecule has 3 rings (SSSR count). The van der Waals surface area contributed by atoms with Gasteiger partial charge in [0.25, 0.3) is 5.89 Å². The number of rotatable bonds is 5. The molecule has 0 amide bonds. The molecule has 20 heavy (non-hydrogen) atoms. The number of benzene rings is 1. The highest BCUT2D eigenvalue weighted by Gasteiger charge is 2.19. The Morgan fingerprint density at radius 3 is 2.80 bits per heavy atom. The van der Waals surface area contributed by atoms with Crippen LogP contribution in [-0.2, 0) is 17.6 Å². The fraction of sp³-hybridized carbons (Fsp3) is 0.467. The molecule has 0 bridgehead atoms. The summed E-state index contributed by atoms with van der Waals surface area (Å²) in [6.45, 7) is 1.50. The summed E-state index contributed by atoms with van der Waals surface area (Å²) in [6, 6.07) is 8.08. The summed E-state index contributed by atoms with van der Waals surface area (Å²) in [4.78, 5) is 4.44. The van der Waals surface area contributed by atoms with Gasteiger partial charge in [-0.2, -0.15) is 4.98 Å². The van der Waals surface area contributed by atoms with Crippen LogP contribution in [0.25, 0.3) is 11.5 Å². The number of nitrogens with two attached hydrogens (primary N) is 1. The lowest BCUT2D eigenvalue weighted by Gasteiger charge is -2.03. The normalized spacial score (nSPS) is 18.6. The zero-order chi connectivity index (χ0) is 13.8. The van der Waals surface area contributed by atoms with Crippen LogP contribution < -0.4 is 5.73 Å². The van der Waals surface area contributed by atoms with Gasteiger partial charge in [0.1, 0.15) is 0 Å².